The summed E-state index contributed by atoms with van der Waals surface area (Å²) in [6.45, 7) is 0. The van der Waals surface area contributed by atoms with Crippen LogP contribution in [0.2, 0.25) is 5.02 Å². The van der Waals surface area contributed by atoms with Gasteiger partial charge in [0.2, 0.25) is 0 Å². The Hall–Kier alpha value is -1.35. The van der Waals surface area contributed by atoms with Crippen LogP contribution in [0.1, 0.15) is 0 Å². The molecule has 0 N–H and O–H groups in total. The van der Waals surface area contributed by atoms with Crippen LogP contribution < -0.4 is 0 Å². The van der Waals surface area contributed by atoms with Crippen LogP contribution in [0, 0.1) is 5.82 Å². The fourth-order valence-corrected chi connectivity index (χ4v) is 1.24. The van der Waals surface area contributed by atoms with Gasteiger partial charge < -0.3 is 0 Å². The molecule has 1 heterocycles. The van der Waals surface area contributed by atoms with Crippen LogP contribution in [0.15, 0.2) is 36.7 Å². The maximum atomic E-state index is 13.2. The largest absolute Gasteiger partial charge is 0.238 e. The Balaban J connectivity index is 2.57. The molecule has 0 spiro atoms. The lowest BCUT2D eigenvalue weighted by Gasteiger charge is -2.02. The van der Waals surface area contributed by atoms with Crippen LogP contribution >= 0.6 is 11.6 Å². The Morgan fingerprint density at radius 3 is 2.92 bits per heavy atom. The van der Waals surface area contributed by atoms with Crippen molar-refractivity contribution in [3.63, 3.8) is 0 Å². The summed E-state index contributed by atoms with van der Waals surface area (Å²) in [6.07, 6.45) is 3.25. The standard InChI is InChI=1S/C9H6ClFN2/c10-7-2-3-8(11)9(6-7)13-5-1-4-12-13/h1-6H. The quantitative estimate of drug-likeness (QED) is 0.686. The van der Waals surface area contributed by atoms with E-state index in [0.29, 0.717) is 10.7 Å². The minimum absolute atomic E-state index is 0.340. The van der Waals surface area contributed by atoms with Gasteiger partial charge in [0.25, 0.3) is 0 Å². The predicted octanol–water partition coefficient (Wildman–Crippen LogP) is 2.66. The number of benzene rings is 1. The van der Waals surface area contributed by atoms with Gasteiger partial charge in [0.05, 0.1) is 0 Å². The Morgan fingerprint density at radius 2 is 2.23 bits per heavy atom. The molecule has 4 heteroatoms. The zero-order valence-electron chi connectivity index (χ0n) is 6.61. The lowest BCUT2D eigenvalue weighted by Crippen LogP contribution is -1.97. The Bertz CT molecular complexity index is 412. The highest BCUT2D eigenvalue weighted by atomic mass is 35.5. The maximum Gasteiger partial charge on any atom is 0.148 e. The van der Waals surface area contributed by atoms with E-state index in [9.17, 15) is 4.39 Å². The van der Waals surface area contributed by atoms with Crippen molar-refractivity contribution < 1.29 is 4.39 Å². The Labute approximate surface area is 79.6 Å². The molecule has 2 rings (SSSR count). The molecular formula is C9H6ClFN2. The molecule has 0 fully saturated rings. The highest BCUT2D eigenvalue weighted by Gasteiger charge is 2.04. The van der Waals surface area contributed by atoms with E-state index < -0.39 is 0 Å². The fraction of sp³-hybridized carbons (Fsp3) is 0. The van der Waals surface area contributed by atoms with E-state index in [0.717, 1.165) is 0 Å². The molecule has 0 saturated carbocycles. The summed E-state index contributed by atoms with van der Waals surface area (Å²) >= 11 is 5.73. The van der Waals surface area contributed by atoms with E-state index in [1.165, 1.54) is 22.9 Å². The first kappa shape index (κ1) is 8.26. The van der Waals surface area contributed by atoms with Crippen LogP contribution in [-0.2, 0) is 0 Å². The number of rotatable bonds is 1. The molecular weight excluding hydrogens is 191 g/mol. The normalized spacial score (nSPS) is 10.3. The summed E-state index contributed by atoms with van der Waals surface area (Å²) < 4.78 is 14.6. The van der Waals surface area contributed by atoms with Gasteiger partial charge in [-0.25, -0.2) is 9.07 Å². The fourth-order valence-electron chi connectivity index (χ4n) is 1.07. The highest BCUT2D eigenvalue weighted by molar-refractivity contribution is 6.30. The van der Waals surface area contributed by atoms with Crippen molar-refractivity contribution in [2.24, 2.45) is 0 Å². The molecule has 1 aromatic heterocycles. The smallest absolute Gasteiger partial charge is 0.148 e. The van der Waals surface area contributed by atoms with Gasteiger partial charge in [-0.1, -0.05) is 11.6 Å². The molecule has 0 unspecified atom stereocenters. The van der Waals surface area contributed by atoms with Crippen LogP contribution in [0.5, 0.6) is 0 Å². The van der Waals surface area contributed by atoms with E-state index in [4.69, 9.17) is 11.6 Å². The Kier molecular flexibility index (Phi) is 2.02. The van der Waals surface area contributed by atoms with Crippen molar-refractivity contribution in [3.05, 3.63) is 47.5 Å². The van der Waals surface area contributed by atoms with Crippen LogP contribution in [0.4, 0.5) is 4.39 Å². The first-order valence-corrected chi connectivity index (χ1v) is 4.10. The lowest BCUT2D eigenvalue weighted by molar-refractivity contribution is 0.611. The summed E-state index contributed by atoms with van der Waals surface area (Å²) in [7, 11) is 0. The average Bonchev–Trinajstić information content (AvgIpc) is 2.61. The third-order valence-electron chi connectivity index (χ3n) is 1.66. The molecule has 0 atom stereocenters. The second-order valence-corrected chi connectivity index (χ2v) is 2.98. The first-order valence-electron chi connectivity index (χ1n) is 3.72. The SMILES string of the molecule is Fc1ccc(Cl)cc1-n1cccn1. The van der Waals surface area contributed by atoms with Gasteiger partial charge >= 0.3 is 0 Å². The van der Waals surface area contributed by atoms with Gasteiger partial charge in [-0.3, -0.25) is 0 Å². The second-order valence-electron chi connectivity index (χ2n) is 2.55. The third kappa shape index (κ3) is 1.55. The van der Waals surface area contributed by atoms with Gasteiger partial charge in [-0.15, -0.1) is 0 Å². The summed E-state index contributed by atoms with van der Waals surface area (Å²) in [6, 6.07) is 6.08. The minimum atomic E-state index is -0.340. The van der Waals surface area contributed by atoms with Crippen molar-refractivity contribution >= 4 is 11.6 Å². The third-order valence-corrected chi connectivity index (χ3v) is 1.89. The summed E-state index contributed by atoms with van der Waals surface area (Å²) in [5.74, 6) is -0.340. The molecule has 0 aliphatic heterocycles. The molecule has 0 amide bonds. The molecule has 0 radical (unpaired) electrons. The van der Waals surface area contributed by atoms with Gasteiger partial charge in [0.15, 0.2) is 0 Å². The summed E-state index contributed by atoms with van der Waals surface area (Å²) in [5.41, 5.74) is 0.359. The van der Waals surface area contributed by atoms with Crippen molar-refractivity contribution in [3.8, 4) is 5.69 Å². The molecule has 2 aromatic rings. The van der Waals surface area contributed by atoms with Crippen molar-refractivity contribution in [1.29, 1.82) is 0 Å². The van der Waals surface area contributed by atoms with Crippen LogP contribution in [-0.4, -0.2) is 9.78 Å². The number of halogens is 2. The van der Waals surface area contributed by atoms with Crippen molar-refractivity contribution in [2.45, 2.75) is 0 Å². The molecule has 66 valence electrons. The van der Waals surface area contributed by atoms with Crippen LogP contribution in [0.25, 0.3) is 5.69 Å². The zero-order chi connectivity index (χ0) is 9.26. The van der Waals surface area contributed by atoms with Gasteiger partial charge in [-0.2, -0.15) is 5.10 Å². The number of hydrogen-bond donors (Lipinski definition) is 0. The number of nitrogens with zero attached hydrogens (tertiary/aromatic N) is 2. The van der Waals surface area contributed by atoms with E-state index in [-0.39, 0.29) is 5.82 Å². The summed E-state index contributed by atoms with van der Waals surface area (Å²) in [5, 5.41) is 4.40. The summed E-state index contributed by atoms with van der Waals surface area (Å²) in [4.78, 5) is 0. The highest BCUT2D eigenvalue weighted by Crippen LogP contribution is 2.17. The zero-order valence-corrected chi connectivity index (χ0v) is 7.37. The molecule has 2 nitrogen and oxygen atoms in total. The van der Waals surface area contributed by atoms with E-state index in [1.54, 1.807) is 18.5 Å². The second kappa shape index (κ2) is 3.18. The van der Waals surface area contributed by atoms with E-state index in [1.807, 2.05) is 0 Å². The molecule has 13 heavy (non-hydrogen) atoms. The predicted molar refractivity (Wildman–Crippen MR) is 48.5 cm³/mol. The monoisotopic (exact) mass is 196 g/mol. The molecule has 0 aliphatic rings. The molecule has 1 aromatic carbocycles. The van der Waals surface area contributed by atoms with Crippen LogP contribution in [0.3, 0.4) is 0 Å². The van der Waals surface area contributed by atoms with E-state index in [2.05, 4.69) is 5.10 Å². The van der Waals surface area contributed by atoms with Gasteiger partial charge in [-0.05, 0) is 24.3 Å². The minimum Gasteiger partial charge on any atom is -0.238 e. The molecule has 0 aliphatic carbocycles. The maximum absolute atomic E-state index is 13.2. The topological polar surface area (TPSA) is 17.8 Å². The Morgan fingerprint density at radius 1 is 1.38 bits per heavy atom. The van der Waals surface area contributed by atoms with Crippen molar-refractivity contribution in [1.82, 2.24) is 9.78 Å². The lowest BCUT2D eigenvalue weighted by atomic mass is 10.3. The molecule has 0 saturated heterocycles. The first-order chi connectivity index (χ1) is 6.27. The van der Waals surface area contributed by atoms with E-state index >= 15 is 0 Å². The number of hydrogen-bond acceptors (Lipinski definition) is 1. The molecule has 0 bridgehead atoms. The van der Waals surface area contributed by atoms with Gasteiger partial charge in [0.1, 0.15) is 11.5 Å². The van der Waals surface area contributed by atoms with Crippen molar-refractivity contribution in [2.75, 3.05) is 0 Å². The number of aromatic nitrogens is 2. The van der Waals surface area contributed by atoms with Gasteiger partial charge in [0, 0.05) is 17.4 Å². The average molecular weight is 197 g/mol.